The average molecular weight is 347 g/mol. The van der Waals surface area contributed by atoms with Crippen LogP contribution in [0.4, 0.5) is 0 Å². The summed E-state index contributed by atoms with van der Waals surface area (Å²) in [6.07, 6.45) is 7.63. The largest absolute Gasteiger partial charge is 0.388 e. The van der Waals surface area contributed by atoms with Gasteiger partial charge in [-0.3, -0.25) is 0 Å². The third kappa shape index (κ3) is 12.2. The molecule has 2 N–H and O–H groups in total. The van der Waals surface area contributed by atoms with Gasteiger partial charge in [-0.1, -0.05) is 66.2 Å². The molecule has 0 aromatic heterocycles. The van der Waals surface area contributed by atoms with E-state index in [4.69, 9.17) is 9.47 Å². The molecule has 0 aliphatic heterocycles. The maximum absolute atomic E-state index is 9.99. The molecule has 4 unspecified atom stereocenters. The van der Waals surface area contributed by atoms with Crippen LogP contribution in [0.25, 0.3) is 0 Å². The molecule has 24 heavy (non-hydrogen) atoms. The third-order valence-electron chi connectivity index (χ3n) is 4.82. The van der Waals surface area contributed by atoms with E-state index in [2.05, 4.69) is 27.7 Å². The number of hydrogen-bond donors (Lipinski definition) is 2. The van der Waals surface area contributed by atoms with E-state index < -0.39 is 12.2 Å². The first-order valence-corrected chi connectivity index (χ1v) is 10.1. The lowest BCUT2D eigenvalue weighted by Crippen LogP contribution is -2.35. The molecule has 0 aliphatic carbocycles. The molecular formula is C20H42O4. The van der Waals surface area contributed by atoms with Crippen LogP contribution in [0.5, 0.6) is 0 Å². The first-order chi connectivity index (χ1) is 11.6. The van der Waals surface area contributed by atoms with Crippen molar-refractivity contribution in [2.45, 2.75) is 91.3 Å². The maximum Gasteiger partial charge on any atom is 0.105 e. The topological polar surface area (TPSA) is 58.9 Å². The Bertz CT molecular complexity index is 234. The molecule has 0 aliphatic rings. The van der Waals surface area contributed by atoms with E-state index in [0.29, 0.717) is 25.0 Å². The zero-order chi connectivity index (χ0) is 18.2. The molecule has 4 atom stereocenters. The van der Waals surface area contributed by atoms with Gasteiger partial charge in [-0.2, -0.15) is 0 Å². The predicted octanol–water partition coefficient (Wildman–Crippen LogP) is 4.17. The predicted molar refractivity (Wildman–Crippen MR) is 100 cm³/mol. The van der Waals surface area contributed by atoms with Crippen LogP contribution in [-0.4, -0.2) is 48.8 Å². The highest BCUT2D eigenvalue weighted by Crippen LogP contribution is 2.14. The van der Waals surface area contributed by atoms with E-state index in [0.717, 1.165) is 12.8 Å². The Labute approximate surface area is 149 Å². The Morgan fingerprint density at radius 2 is 1.00 bits per heavy atom. The zero-order valence-corrected chi connectivity index (χ0v) is 16.5. The molecule has 0 aromatic rings. The summed E-state index contributed by atoms with van der Waals surface area (Å²) < 4.78 is 11.2. The summed E-state index contributed by atoms with van der Waals surface area (Å²) in [7, 11) is 0. The average Bonchev–Trinajstić information content (AvgIpc) is 2.60. The number of unbranched alkanes of at least 4 members (excludes halogenated alkanes) is 2. The lowest BCUT2D eigenvalue weighted by atomic mass is 10.0. The summed E-state index contributed by atoms with van der Waals surface area (Å²) in [6, 6.07) is 0. The molecule has 0 saturated carbocycles. The number of rotatable bonds is 17. The Balaban J connectivity index is 3.83. The van der Waals surface area contributed by atoms with Crippen LogP contribution >= 0.6 is 0 Å². The van der Waals surface area contributed by atoms with Gasteiger partial charge in [-0.15, -0.1) is 0 Å². The smallest absolute Gasteiger partial charge is 0.105 e. The molecule has 0 amide bonds. The fourth-order valence-corrected chi connectivity index (χ4v) is 2.73. The van der Waals surface area contributed by atoms with Crippen molar-refractivity contribution >= 4 is 0 Å². The van der Waals surface area contributed by atoms with Crippen LogP contribution in [0.3, 0.4) is 0 Å². The van der Waals surface area contributed by atoms with Crippen LogP contribution in [0.1, 0.15) is 79.1 Å². The molecule has 0 fully saturated rings. The van der Waals surface area contributed by atoms with E-state index in [-0.39, 0.29) is 13.2 Å². The van der Waals surface area contributed by atoms with Gasteiger partial charge in [0.05, 0.1) is 13.2 Å². The maximum atomic E-state index is 9.99. The third-order valence-corrected chi connectivity index (χ3v) is 4.82. The van der Waals surface area contributed by atoms with Crippen molar-refractivity contribution in [1.29, 1.82) is 0 Å². The van der Waals surface area contributed by atoms with Gasteiger partial charge >= 0.3 is 0 Å². The van der Waals surface area contributed by atoms with Crippen molar-refractivity contribution in [3.05, 3.63) is 0 Å². The number of hydrogen-bond acceptors (Lipinski definition) is 4. The van der Waals surface area contributed by atoms with Gasteiger partial charge in [0.25, 0.3) is 0 Å². The van der Waals surface area contributed by atoms with Gasteiger partial charge in [-0.05, 0) is 24.7 Å². The molecule has 0 spiro atoms. The second-order valence-corrected chi connectivity index (χ2v) is 7.04. The number of aliphatic hydroxyl groups excluding tert-OH is 2. The van der Waals surface area contributed by atoms with Crippen molar-refractivity contribution < 1.29 is 19.7 Å². The van der Waals surface area contributed by atoms with E-state index in [1.165, 1.54) is 38.5 Å². The zero-order valence-electron chi connectivity index (χ0n) is 16.5. The summed E-state index contributed by atoms with van der Waals surface area (Å²) >= 11 is 0. The molecule has 0 saturated heterocycles. The minimum absolute atomic E-state index is 0.181. The Morgan fingerprint density at radius 3 is 1.29 bits per heavy atom. The molecule has 146 valence electrons. The van der Waals surface area contributed by atoms with Gasteiger partial charge in [0.15, 0.2) is 0 Å². The van der Waals surface area contributed by atoms with E-state index in [9.17, 15) is 10.2 Å². The fourth-order valence-electron chi connectivity index (χ4n) is 2.73. The first kappa shape index (κ1) is 23.8. The highest BCUT2D eigenvalue weighted by atomic mass is 16.5. The van der Waals surface area contributed by atoms with Crippen LogP contribution in [-0.2, 0) is 9.47 Å². The Hall–Kier alpha value is -0.160. The SMILES string of the molecule is CCCCC(CC)COCC(O)C(O)COCC(CC)CCCC. The van der Waals surface area contributed by atoms with Crippen molar-refractivity contribution in [2.75, 3.05) is 26.4 Å². The molecule has 4 heteroatoms. The normalized spacial score (nSPS) is 16.8. The van der Waals surface area contributed by atoms with Gasteiger partial charge < -0.3 is 19.7 Å². The monoisotopic (exact) mass is 346 g/mol. The Morgan fingerprint density at radius 1 is 0.625 bits per heavy atom. The van der Waals surface area contributed by atoms with Gasteiger partial charge in [0.1, 0.15) is 12.2 Å². The second-order valence-electron chi connectivity index (χ2n) is 7.04. The summed E-state index contributed by atoms with van der Waals surface area (Å²) in [4.78, 5) is 0. The molecule has 0 rings (SSSR count). The highest BCUT2D eigenvalue weighted by Gasteiger charge is 2.18. The van der Waals surface area contributed by atoms with Crippen LogP contribution in [0.15, 0.2) is 0 Å². The molecule has 0 heterocycles. The van der Waals surface area contributed by atoms with Crippen molar-refractivity contribution in [2.24, 2.45) is 11.8 Å². The minimum atomic E-state index is -0.871. The molecule has 0 bridgehead atoms. The van der Waals surface area contributed by atoms with Crippen LogP contribution < -0.4 is 0 Å². The van der Waals surface area contributed by atoms with Crippen molar-refractivity contribution in [1.82, 2.24) is 0 Å². The summed E-state index contributed by atoms with van der Waals surface area (Å²) in [6.45, 7) is 10.4. The van der Waals surface area contributed by atoms with Gasteiger partial charge in [0, 0.05) is 13.2 Å². The summed E-state index contributed by atoms with van der Waals surface area (Å²) in [5.74, 6) is 1.10. The first-order valence-electron chi connectivity index (χ1n) is 10.1. The lowest BCUT2D eigenvalue weighted by molar-refractivity contribution is -0.0783. The molecular weight excluding hydrogens is 304 g/mol. The second kappa shape index (κ2) is 16.3. The Kier molecular flexibility index (Phi) is 16.2. The standard InChI is InChI=1S/C20H42O4/c1-5-9-11-17(7-3)13-23-15-19(21)20(22)16-24-14-18(8-4)12-10-6-2/h17-22H,5-16H2,1-4H3. The quantitative estimate of drug-likeness (QED) is 0.415. The fraction of sp³-hybridized carbons (Fsp3) is 1.00. The molecule has 0 aromatic carbocycles. The van der Waals surface area contributed by atoms with E-state index in [1.54, 1.807) is 0 Å². The van der Waals surface area contributed by atoms with Crippen molar-refractivity contribution in [3.63, 3.8) is 0 Å². The van der Waals surface area contributed by atoms with Crippen LogP contribution in [0.2, 0.25) is 0 Å². The van der Waals surface area contributed by atoms with E-state index in [1.807, 2.05) is 0 Å². The van der Waals surface area contributed by atoms with Crippen molar-refractivity contribution in [3.8, 4) is 0 Å². The number of aliphatic hydroxyl groups is 2. The minimum Gasteiger partial charge on any atom is -0.388 e. The van der Waals surface area contributed by atoms with Gasteiger partial charge in [0.2, 0.25) is 0 Å². The summed E-state index contributed by atoms with van der Waals surface area (Å²) in [5, 5.41) is 20.0. The van der Waals surface area contributed by atoms with Gasteiger partial charge in [-0.25, -0.2) is 0 Å². The molecule has 0 radical (unpaired) electrons. The highest BCUT2D eigenvalue weighted by molar-refractivity contribution is 4.67. The van der Waals surface area contributed by atoms with E-state index >= 15 is 0 Å². The summed E-state index contributed by atoms with van der Waals surface area (Å²) in [5.41, 5.74) is 0. The molecule has 4 nitrogen and oxygen atoms in total. The number of ether oxygens (including phenoxy) is 2. The lowest BCUT2D eigenvalue weighted by Gasteiger charge is -2.21. The van der Waals surface area contributed by atoms with Crippen LogP contribution in [0, 0.1) is 11.8 Å².